The van der Waals surface area contributed by atoms with Gasteiger partial charge in [0.1, 0.15) is 0 Å². The van der Waals surface area contributed by atoms with Crippen molar-refractivity contribution in [3.63, 3.8) is 0 Å². The van der Waals surface area contributed by atoms with Gasteiger partial charge in [0.2, 0.25) is 0 Å². The normalized spacial score (nSPS) is 15.5. The third kappa shape index (κ3) is 2.86. The molecule has 0 bridgehead atoms. The van der Waals surface area contributed by atoms with E-state index in [0.717, 1.165) is 19.6 Å². The Hall–Kier alpha value is -1.64. The molecule has 0 aromatic heterocycles. The Balaban J connectivity index is 1.68. The fourth-order valence-corrected chi connectivity index (χ4v) is 2.44. The van der Waals surface area contributed by atoms with Crippen LogP contribution in [0.25, 0.3) is 11.1 Å². The molecule has 1 N–H and O–H groups in total. The Kier molecular flexibility index (Phi) is 3.62. The quantitative estimate of drug-likeness (QED) is 0.900. The lowest BCUT2D eigenvalue weighted by atomic mass is 10.0. The van der Waals surface area contributed by atoms with Gasteiger partial charge in [-0.25, -0.2) is 0 Å². The van der Waals surface area contributed by atoms with Gasteiger partial charge in [0.15, 0.2) is 0 Å². The molecule has 1 saturated heterocycles. The number of benzene rings is 2. The van der Waals surface area contributed by atoms with Gasteiger partial charge in [-0.1, -0.05) is 54.6 Å². The van der Waals surface area contributed by atoms with Gasteiger partial charge in [-0.05, 0) is 23.7 Å². The zero-order chi connectivity index (χ0) is 13.1. The Labute approximate surface area is 115 Å². The van der Waals surface area contributed by atoms with Gasteiger partial charge in [-0.2, -0.15) is 0 Å². The Morgan fingerprint density at radius 2 is 1.58 bits per heavy atom. The molecule has 2 aromatic rings. The smallest absolute Gasteiger partial charge is 0.0345 e. The summed E-state index contributed by atoms with van der Waals surface area (Å²) in [6.45, 7) is 3.28. The van der Waals surface area contributed by atoms with Crippen LogP contribution in [-0.4, -0.2) is 31.1 Å². The molecule has 1 heterocycles. The van der Waals surface area contributed by atoms with Crippen LogP contribution in [0.3, 0.4) is 0 Å². The van der Waals surface area contributed by atoms with Crippen molar-refractivity contribution in [1.82, 2.24) is 10.2 Å². The van der Waals surface area contributed by atoms with Gasteiger partial charge in [-0.3, -0.25) is 4.90 Å². The molecule has 98 valence electrons. The first-order chi connectivity index (χ1) is 9.33. The average Bonchev–Trinajstić information content (AvgIpc) is 2.38. The van der Waals surface area contributed by atoms with Crippen molar-refractivity contribution in [1.29, 1.82) is 0 Å². The minimum atomic E-state index is 0.703. The molecule has 2 aromatic carbocycles. The van der Waals surface area contributed by atoms with Crippen molar-refractivity contribution < 1.29 is 0 Å². The van der Waals surface area contributed by atoms with Gasteiger partial charge in [0.25, 0.3) is 0 Å². The summed E-state index contributed by atoms with van der Waals surface area (Å²) in [4.78, 5) is 2.42. The van der Waals surface area contributed by atoms with Crippen molar-refractivity contribution in [3.05, 3.63) is 60.2 Å². The zero-order valence-corrected chi connectivity index (χ0v) is 11.3. The summed E-state index contributed by atoms with van der Waals surface area (Å²) in [7, 11) is 2.20. The van der Waals surface area contributed by atoms with Gasteiger partial charge < -0.3 is 5.32 Å². The van der Waals surface area contributed by atoms with E-state index < -0.39 is 0 Å². The van der Waals surface area contributed by atoms with E-state index >= 15 is 0 Å². The van der Waals surface area contributed by atoms with E-state index in [9.17, 15) is 0 Å². The van der Waals surface area contributed by atoms with Crippen LogP contribution in [0.5, 0.6) is 0 Å². The lowest BCUT2D eigenvalue weighted by Gasteiger charge is -2.35. The molecule has 3 rings (SSSR count). The summed E-state index contributed by atoms with van der Waals surface area (Å²) in [5, 5.41) is 3.32. The summed E-state index contributed by atoms with van der Waals surface area (Å²) in [6.07, 6.45) is 0. The molecular weight excluding hydrogens is 232 g/mol. The number of hydrogen-bond acceptors (Lipinski definition) is 2. The number of hydrogen-bond donors (Lipinski definition) is 1. The molecule has 2 heteroatoms. The molecule has 0 radical (unpaired) electrons. The molecule has 0 atom stereocenters. The van der Waals surface area contributed by atoms with Crippen molar-refractivity contribution in [2.45, 2.75) is 12.6 Å². The number of nitrogens with one attached hydrogen (secondary N) is 1. The topological polar surface area (TPSA) is 15.3 Å². The van der Waals surface area contributed by atoms with Crippen LogP contribution >= 0.6 is 0 Å². The van der Waals surface area contributed by atoms with Crippen LogP contribution in [0.1, 0.15) is 5.56 Å². The van der Waals surface area contributed by atoms with Crippen LogP contribution in [0.15, 0.2) is 54.6 Å². The second-order valence-corrected chi connectivity index (χ2v) is 5.29. The zero-order valence-electron chi connectivity index (χ0n) is 11.3. The van der Waals surface area contributed by atoms with Crippen molar-refractivity contribution in [2.24, 2.45) is 0 Å². The van der Waals surface area contributed by atoms with Crippen LogP contribution in [0.2, 0.25) is 0 Å². The molecule has 1 aliphatic rings. The minimum absolute atomic E-state index is 0.703. The predicted molar refractivity (Wildman–Crippen MR) is 80.0 cm³/mol. The maximum absolute atomic E-state index is 3.32. The van der Waals surface area contributed by atoms with Gasteiger partial charge in [0.05, 0.1) is 0 Å². The average molecular weight is 252 g/mol. The highest BCUT2D eigenvalue weighted by Gasteiger charge is 2.21. The Morgan fingerprint density at radius 3 is 2.16 bits per heavy atom. The van der Waals surface area contributed by atoms with Crippen LogP contribution < -0.4 is 5.32 Å². The van der Waals surface area contributed by atoms with Crippen LogP contribution in [-0.2, 0) is 6.54 Å². The van der Waals surface area contributed by atoms with Gasteiger partial charge >= 0.3 is 0 Å². The molecule has 0 amide bonds. The van der Waals surface area contributed by atoms with Crippen molar-refractivity contribution in [3.8, 4) is 11.1 Å². The van der Waals surface area contributed by atoms with Gasteiger partial charge in [0, 0.05) is 25.7 Å². The molecule has 1 aliphatic heterocycles. The third-order valence-corrected chi connectivity index (χ3v) is 3.88. The van der Waals surface area contributed by atoms with E-state index in [-0.39, 0.29) is 0 Å². The second-order valence-electron chi connectivity index (χ2n) is 5.29. The Morgan fingerprint density at radius 1 is 0.947 bits per heavy atom. The highest BCUT2D eigenvalue weighted by Crippen LogP contribution is 2.20. The minimum Gasteiger partial charge on any atom is -0.314 e. The molecule has 1 fully saturated rings. The summed E-state index contributed by atoms with van der Waals surface area (Å²) >= 11 is 0. The maximum Gasteiger partial charge on any atom is 0.0345 e. The highest BCUT2D eigenvalue weighted by molar-refractivity contribution is 5.63. The molecule has 0 saturated carbocycles. The first-order valence-electron chi connectivity index (χ1n) is 6.88. The van der Waals surface area contributed by atoms with Crippen LogP contribution in [0, 0.1) is 0 Å². The fourth-order valence-electron chi connectivity index (χ4n) is 2.44. The first-order valence-corrected chi connectivity index (χ1v) is 6.88. The third-order valence-electron chi connectivity index (χ3n) is 3.88. The molecular formula is C17H20N2. The van der Waals surface area contributed by atoms with E-state index in [4.69, 9.17) is 0 Å². The monoisotopic (exact) mass is 252 g/mol. The summed E-state index contributed by atoms with van der Waals surface area (Å²) in [5.41, 5.74) is 3.96. The molecule has 0 unspecified atom stereocenters. The largest absolute Gasteiger partial charge is 0.314 e. The first kappa shape index (κ1) is 12.4. The second kappa shape index (κ2) is 5.55. The molecule has 0 aliphatic carbocycles. The fraction of sp³-hybridized carbons (Fsp3) is 0.294. The molecule has 19 heavy (non-hydrogen) atoms. The van der Waals surface area contributed by atoms with Crippen molar-refractivity contribution >= 4 is 0 Å². The van der Waals surface area contributed by atoms with E-state index in [1.54, 1.807) is 0 Å². The maximum atomic E-state index is 3.32. The summed E-state index contributed by atoms with van der Waals surface area (Å²) < 4.78 is 0. The van der Waals surface area contributed by atoms with E-state index in [1.807, 2.05) is 0 Å². The summed E-state index contributed by atoms with van der Waals surface area (Å²) in [6, 6.07) is 20.2. The predicted octanol–water partition coefficient (Wildman–Crippen LogP) is 2.76. The molecule has 2 nitrogen and oxygen atoms in total. The van der Waals surface area contributed by atoms with E-state index in [0.29, 0.717) is 6.04 Å². The van der Waals surface area contributed by atoms with Gasteiger partial charge in [-0.15, -0.1) is 0 Å². The standard InChI is InChI=1S/C17H20N2/c1-19(17-11-18-12-17)13-14-7-9-16(10-8-14)15-5-3-2-4-6-15/h2-10,17-18H,11-13H2,1H3. The summed E-state index contributed by atoms with van der Waals surface area (Å²) in [5.74, 6) is 0. The van der Waals surface area contributed by atoms with E-state index in [2.05, 4.69) is 71.9 Å². The SMILES string of the molecule is CN(Cc1ccc(-c2ccccc2)cc1)C1CNC1. The molecule has 0 spiro atoms. The van der Waals surface area contributed by atoms with Crippen LogP contribution in [0.4, 0.5) is 0 Å². The number of likely N-dealkylation sites (N-methyl/N-ethyl adjacent to an activating group) is 1. The number of nitrogens with zero attached hydrogens (tertiary/aromatic N) is 1. The lowest BCUT2D eigenvalue weighted by Crippen LogP contribution is -2.55. The lowest BCUT2D eigenvalue weighted by molar-refractivity contribution is 0.173. The van der Waals surface area contributed by atoms with E-state index in [1.165, 1.54) is 16.7 Å². The Bertz CT molecular complexity index is 515. The highest BCUT2D eigenvalue weighted by atomic mass is 15.2. The number of rotatable bonds is 4. The van der Waals surface area contributed by atoms with Crippen molar-refractivity contribution in [2.75, 3.05) is 20.1 Å².